The van der Waals surface area contributed by atoms with Gasteiger partial charge in [0.05, 0.1) is 4.90 Å². The van der Waals surface area contributed by atoms with Gasteiger partial charge in [0.15, 0.2) is 0 Å². The van der Waals surface area contributed by atoms with Crippen LogP contribution in [0.1, 0.15) is 19.4 Å². The van der Waals surface area contributed by atoms with Gasteiger partial charge in [-0.2, -0.15) is 4.31 Å². The van der Waals surface area contributed by atoms with Gasteiger partial charge in [-0.15, -0.1) is 11.8 Å². The van der Waals surface area contributed by atoms with Gasteiger partial charge >= 0.3 is 5.97 Å². The van der Waals surface area contributed by atoms with E-state index >= 15 is 0 Å². The van der Waals surface area contributed by atoms with Crippen LogP contribution in [0.4, 0.5) is 0 Å². The third-order valence-electron chi connectivity index (χ3n) is 3.91. The van der Waals surface area contributed by atoms with Crippen molar-refractivity contribution in [2.45, 2.75) is 23.6 Å². The molecule has 2 rings (SSSR count). The molecular weight excluding hydrogens is 382 g/mol. The van der Waals surface area contributed by atoms with E-state index in [0.29, 0.717) is 24.4 Å². The molecule has 144 valence electrons. The average Bonchev–Trinajstić information content (AvgIpc) is 2.68. The topological polar surface area (TPSA) is 63.7 Å². The summed E-state index contributed by atoms with van der Waals surface area (Å²) in [6.45, 7) is 4.45. The summed E-state index contributed by atoms with van der Waals surface area (Å²) in [4.78, 5) is 13.2. The molecule has 0 aliphatic heterocycles. The Bertz CT molecular complexity index is 885. The minimum Gasteiger partial charge on any atom is -0.423 e. The Morgan fingerprint density at radius 3 is 2.15 bits per heavy atom. The van der Waals surface area contributed by atoms with Crippen molar-refractivity contribution in [2.24, 2.45) is 0 Å². The lowest BCUT2D eigenvalue weighted by Gasteiger charge is -2.18. The molecule has 0 saturated carbocycles. The van der Waals surface area contributed by atoms with Gasteiger partial charge in [0.2, 0.25) is 10.0 Å². The SMILES string of the molecule is CCN(CC)S(=O)(=O)c1ccc(/C=C/C(=O)Oc2ccc(SC)cc2)cc1. The first kappa shape index (κ1) is 21.2. The molecule has 0 aromatic heterocycles. The van der Waals surface area contributed by atoms with Crippen molar-refractivity contribution in [1.29, 1.82) is 0 Å². The number of benzene rings is 2. The summed E-state index contributed by atoms with van der Waals surface area (Å²) in [7, 11) is -3.48. The van der Waals surface area contributed by atoms with Crippen LogP contribution in [0.15, 0.2) is 64.4 Å². The number of sulfonamides is 1. The Hall–Kier alpha value is -2.09. The van der Waals surface area contributed by atoms with Crippen LogP contribution in [0.25, 0.3) is 6.08 Å². The molecule has 2 aromatic rings. The molecule has 27 heavy (non-hydrogen) atoms. The summed E-state index contributed by atoms with van der Waals surface area (Å²) >= 11 is 1.61. The largest absolute Gasteiger partial charge is 0.423 e. The molecule has 0 amide bonds. The maximum atomic E-state index is 12.5. The number of carbonyl (C=O) groups excluding carboxylic acids is 1. The van der Waals surface area contributed by atoms with E-state index in [-0.39, 0.29) is 4.90 Å². The van der Waals surface area contributed by atoms with Gasteiger partial charge in [-0.1, -0.05) is 26.0 Å². The average molecular weight is 406 g/mol. The Kier molecular flexibility index (Phi) is 7.65. The Labute approximate surface area is 165 Å². The van der Waals surface area contributed by atoms with E-state index in [1.165, 1.54) is 10.4 Å². The maximum absolute atomic E-state index is 12.5. The molecule has 7 heteroatoms. The highest BCUT2D eigenvalue weighted by molar-refractivity contribution is 7.98. The standard InChI is InChI=1S/C20H23NO4S2/c1-4-21(5-2)27(23,24)19-13-6-16(7-14-19)8-15-20(22)25-17-9-11-18(26-3)12-10-17/h6-15H,4-5H2,1-3H3/b15-8+. The van der Waals surface area contributed by atoms with E-state index in [1.807, 2.05) is 18.4 Å². The first-order valence-electron chi connectivity index (χ1n) is 8.54. The molecule has 0 aliphatic rings. The van der Waals surface area contributed by atoms with Crippen LogP contribution in [-0.4, -0.2) is 38.0 Å². The third-order valence-corrected chi connectivity index (χ3v) is 6.72. The Balaban J connectivity index is 2.03. The molecule has 0 spiro atoms. The number of nitrogens with zero attached hydrogens (tertiary/aromatic N) is 1. The molecule has 0 radical (unpaired) electrons. The number of hydrogen-bond donors (Lipinski definition) is 0. The Morgan fingerprint density at radius 1 is 1.04 bits per heavy atom. The van der Waals surface area contributed by atoms with Gasteiger partial charge in [-0.05, 0) is 54.3 Å². The molecule has 0 unspecified atom stereocenters. The Morgan fingerprint density at radius 2 is 1.63 bits per heavy atom. The smallest absolute Gasteiger partial charge is 0.336 e. The highest BCUT2D eigenvalue weighted by Crippen LogP contribution is 2.19. The lowest BCUT2D eigenvalue weighted by molar-refractivity contribution is -0.128. The number of ether oxygens (including phenoxy) is 1. The van der Waals surface area contributed by atoms with Crippen LogP contribution in [0.3, 0.4) is 0 Å². The highest BCUT2D eigenvalue weighted by atomic mass is 32.2. The lowest BCUT2D eigenvalue weighted by Crippen LogP contribution is -2.30. The van der Waals surface area contributed by atoms with Crippen molar-refractivity contribution in [3.05, 3.63) is 60.2 Å². The lowest BCUT2D eigenvalue weighted by atomic mass is 10.2. The van der Waals surface area contributed by atoms with Crippen molar-refractivity contribution in [3.8, 4) is 5.75 Å². The van der Waals surface area contributed by atoms with Crippen molar-refractivity contribution < 1.29 is 17.9 Å². The molecule has 0 N–H and O–H groups in total. The summed E-state index contributed by atoms with van der Waals surface area (Å²) in [5, 5.41) is 0. The number of rotatable bonds is 8. The number of esters is 1. The molecule has 0 fully saturated rings. The van der Waals surface area contributed by atoms with Crippen LogP contribution >= 0.6 is 11.8 Å². The minimum absolute atomic E-state index is 0.236. The zero-order valence-electron chi connectivity index (χ0n) is 15.6. The highest BCUT2D eigenvalue weighted by Gasteiger charge is 2.20. The predicted molar refractivity (Wildman–Crippen MR) is 109 cm³/mol. The van der Waals surface area contributed by atoms with E-state index < -0.39 is 16.0 Å². The normalized spacial score (nSPS) is 11.9. The van der Waals surface area contributed by atoms with Crippen LogP contribution in [0, 0.1) is 0 Å². The van der Waals surface area contributed by atoms with Gasteiger partial charge in [0.1, 0.15) is 5.75 Å². The van der Waals surface area contributed by atoms with E-state index in [9.17, 15) is 13.2 Å². The van der Waals surface area contributed by atoms with Crippen molar-refractivity contribution >= 4 is 33.8 Å². The van der Waals surface area contributed by atoms with Crippen LogP contribution in [0.5, 0.6) is 5.75 Å². The fraction of sp³-hybridized carbons (Fsp3) is 0.250. The molecule has 0 heterocycles. The fourth-order valence-electron chi connectivity index (χ4n) is 2.42. The van der Waals surface area contributed by atoms with Gasteiger partial charge in [0.25, 0.3) is 0 Å². The molecule has 0 aliphatic carbocycles. The van der Waals surface area contributed by atoms with E-state index in [2.05, 4.69) is 0 Å². The first-order valence-corrected chi connectivity index (χ1v) is 11.2. The molecule has 0 atom stereocenters. The molecule has 2 aromatic carbocycles. The number of hydrogen-bond acceptors (Lipinski definition) is 5. The molecular formula is C20H23NO4S2. The summed E-state index contributed by atoms with van der Waals surface area (Å²) < 4.78 is 31.5. The summed E-state index contributed by atoms with van der Waals surface area (Å²) in [6, 6.07) is 13.6. The molecule has 0 bridgehead atoms. The minimum atomic E-state index is -3.48. The molecule has 5 nitrogen and oxygen atoms in total. The van der Waals surface area contributed by atoms with Crippen LogP contribution < -0.4 is 4.74 Å². The van der Waals surface area contributed by atoms with E-state index in [0.717, 1.165) is 4.90 Å². The fourth-order valence-corrected chi connectivity index (χ4v) is 4.29. The van der Waals surface area contributed by atoms with Gasteiger partial charge in [-0.3, -0.25) is 0 Å². The van der Waals surface area contributed by atoms with Gasteiger partial charge < -0.3 is 4.74 Å². The van der Waals surface area contributed by atoms with Gasteiger partial charge in [0, 0.05) is 24.1 Å². The van der Waals surface area contributed by atoms with Gasteiger partial charge in [-0.25, -0.2) is 13.2 Å². The molecule has 0 saturated heterocycles. The van der Waals surface area contributed by atoms with Crippen molar-refractivity contribution in [3.63, 3.8) is 0 Å². The summed E-state index contributed by atoms with van der Waals surface area (Å²) in [5.74, 6) is -0.0187. The zero-order chi connectivity index (χ0) is 19.9. The van der Waals surface area contributed by atoms with Crippen LogP contribution in [0.2, 0.25) is 0 Å². The maximum Gasteiger partial charge on any atom is 0.336 e. The van der Waals surface area contributed by atoms with Crippen molar-refractivity contribution in [2.75, 3.05) is 19.3 Å². The van der Waals surface area contributed by atoms with E-state index in [4.69, 9.17) is 4.74 Å². The summed E-state index contributed by atoms with van der Waals surface area (Å²) in [5.41, 5.74) is 0.711. The predicted octanol–water partition coefficient (Wildman–Crippen LogP) is 4.06. The number of thioether (sulfide) groups is 1. The first-order chi connectivity index (χ1) is 12.9. The van der Waals surface area contributed by atoms with Crippen molar-refractivity contribution in [1.82, 2.24) is 4.31 Å². The second-order valence-electron chi connectivity index (χ2n) is 5.59. The quantitative estimate of drug-likeness (QED) is 0.287. The monoisotopic (exact) mass is 405 g/mol. The second kappa shape index (κ2) is 9.73. The van der Waals surface area contributed by atoms with Crippen LogP contribution in [-0.2, 0) is 14.8 Å². The number of carbonyl (C=O) groups is 1. The van der Waals surface area contributed by atoms with E-state index in [1.54, 1.807) is 68.1 Å². The second-order valence-corrected chi connectivity index (χ2v) is 8.41. The zero-order valence-corrected chi connectivity index (χ0v) is 17.2. The third kappa shape index (κ3) is 5.69. The summed E-state index contributed by atoms with van der Waals surface area (Å²) in [6.07, 6.45) is 4.88.